The fourth-order valence-electron chi connectivity index (χ4n) is 3.03. The van der Waals surface area contributed by atoms with Gasteiger partial charge >= 0.3 is 6.18 Å². The SMILES string of the molecule is CC(C)c1cc(C(=O)Nc2nc3cc(C(F)(F)F)ccc3n2Cc2ccco2)n[nH]1. The molecule has 0 bridgehead atoms. The van der Waals surface area contributed by atoms with Crippen LogP contribution in [-0.4, -0.2) is 25.7 Å². The van der Waals surface area contributed by atoms with E-state index in [-0.39, 0.29) is 29.6 Å². The maximum Gasteiger partial charge on any atom is 0.416 e. The van der Waals surface area contributed by atoms with Crippen LogP contribution in [0.15, 0.2) is 47.1 Å². The summed E-state index contributed by atoms with van der Waals surface area (Å²) in [7, 11) is 0. The van der Waals surface area contributed by atoms with Crippen LogP contribution in [0.5, 0.6) is 0 Å². The number of fused-ring (bicyclic) bond motifs is 1. The highest BCUT2D eigenvalue weighted by Crippen LogP contribution is 2.32. The van der Waals surface area contributed by atoms with Crippen LogP contribution in [0.25, 0.3) is 11.0 Å². The van der Waals surface area contributed by atoms with Crippen molar-refractivity contribution in [1.29, 1.82) is 0 Å². The smallest absolute Gasteiger partial charge is 0.416 e. The molecule has 1 amide bonds. The minimum Gasteiger partial charge on any atom is -0.467 e. The Bertz CT molecular complexity index is 1190. The van der Waals surface area contributed by atoms with Gasteiger partial charge in [-0.2, -0.15) is 18.3 Å². The number of amides is 1. The third-order valence-corrected chi connectivity index (χ3v) is 4.65. The number of nitrogens with zero attached hydrogens (tertiary/aromatic N) is 3. The maximum atomic E-state index is 13.1. The highest BCUT2D eigenvalue weighted by atomic mass is 19.4. The molecule has 3 aromatic heterocycles. The number of nitrogens with one attached hydrogen (secondary N) is 2. The molecule has 0 spiro atoms. The number of imidazole rings is 1. The van der Waals surface area contributed by atoms with Crippen LogP contribution < -0.4 is 5.32 Å². The van der Waals surface area contributed by atoms with Crippen LogP contribution in [-0.2, 0) is 12.7 Å². The molecule has 0 aliphatic heterocycles. The number of benzene rings is 1. The van der Waals surface area contributed by atoms with Gasteiger partial charge in [-0.1, -0.05) is 13.8 Å². The zero-order chi connectivity index (χ0) is 21.5. The van der Waals surface area contributed by atoms with Gasteiger partial charge in [0.05, 0.1) is 29.4 Å². The van der Waals surface area contributed by atoms with E-state index in [0.29, 0.717) is 11.3 Å². The summed E-state index contributed by atoms with van der Waals surface area (Å²) in [5.41, 5.74) is 0.672. The van der Waals surface area contributed by atoms with Crippen LogP contribution in [0.4, 0.5) is 19.1 Å². The van der Waals surface area contributed by atoms with Crippen LogP contribution >= 0.6 is 0 Å². The lowest BCUT2D eigenvalue weighted by Crippen LogP contribution is -2.16. The Balaban J connectivity index is 1.73. The normalized spacial score (nSPS) is 12.1. The molecule has 0 atom stereocenters. The van der Waals surface area contributed by atoms with Gasteiger partial charge in [-0.25, -0.2) is 4.98 Å². The van der Waals surface area contributed by atoms with Crippen molar-refractivity contribution in [1.82, 2.24) is 19.7 Å². The van der Waals surface area contributed by atoms with Crippen LogP contribution in [0.3, 0.4) is 0 Å². The first-order valence-corrected chi connectivity index (χ1v) is 9.19. The van der Waals surface area contributed by atoms with E-state index in [1.54, 1.807) is 22.8 Å². The number of carbonyl (C=O) groups is 1. The Morgan fingerprint density at radius 2 is 2.07 bits per heavy atom. The molecule has 0 aliphatic rings. The van der Waals surface area contributed by atoms with Crippen molar-refractivity contribution in [3.63, 3.8) is 0 Å². The lowest BCUT2D eigenvalue weighted by molar-refractivity contribution is -0.137. The summed E-state index contributed by atoms with van der Waals surface area (Å²) >= 11 is 0. The summed E-state index contributed by atoms with van der Waals surface area (Å²) in [6.45, 7) is 4.09. The molecule has 0 fully saturated rings. The average Bonchev–Trinajstić information content (AvgIpc) is 3.41. The first kappa shape index (κ1) is 19.7. The number of aromatic nitrogens is 4. The van der Waals surface area contributed by atoms with Gasteiger partial charge in [0.25, 0.3) is 5.91 Å². The number of rotatable bonds is 5. The maximum absolute atomic E-state index is 13.1. The number of furan rings is 1. The van der Waals surface area contributed by atoms with Crippen molar-refractivity contribution in [2.45, 2.75) is 32.5 Å². The number of halogens is 3. The highest BCUT2D eigenvalue weighted by molar-refractivity contribution is 6.02. The van der Waals surface area contributed by atoms with Gasteiger partial charge in [-0.15, -0.1) is 0 Å². The topological polar surface area (TPSA) is 88.7 Å². The number of carbonyl (C=O) groups excluding carboxylic acids is 1. The molecule has 0 saturated heterocycles. The van der Waals surface area contributed by atoms with E-state index in [1.165, 1.54) is 12.3 Å². The zero-order valence-electron chi connectivity index (χ0n) is 16.1. The lowest BCUT2D eigenvalue weighted by atomic mass is 10.1. The molecular formula is C20H18F3N5O2. The molecule has 10 heteroatoms. The molecule has 156 valence electrons. The standard InChI is InChI=1S/C20H18F3N5O2/c1-11(2)14-9-16(27-26-14)18(29)25-19-24-15-8-12(20(21,22)23)5-6-17(15)28(19)10-13-4-3-7-30-13/h3-9,11H,10H2,1-2H3,(H,26,27)(H,24,25,29). The second kappa shape index (κ2) is 7.36. The molecule has 4 aromatic rings. The molecule has 2 N–H and O–H groups in total. The Kier molecular flexibility index (Phi) is 4.84. The molecule has 3 heterocycles. The van der Waals surface area contributed by atoms with E-state index in [0.717, 1.165) is 17.8 Å². The summed E-state index contributed by atoms with van der Waals surface area (Å²) in [4.78, 5) is 16.9. The van der Waals surface area contributed by atoms with E-state index in [1.807, 2.05) is 13.8 Å². The quantitative estimate of drug-likeness (QED) is 0.488. The zero-order valence-corrected chi connectivity index (χ0v) is 16.1. The van der Waals surface area contributed by atoms with Crippen LogP contribution in [0.1, 0.15) is 47.3 Å². The number of alkyl halides is 3. The van der Waals surface area contributed by atoms with Crippen molar-refractivity contribution >= 4 is 22.9 Å². The summed E-state index contributed by atoms with van der Waals surface area (Å²) < 4.78 is 46.2. The van der Waals surface area contributed by atoms with Crippen LogP contribution in [0, 0.1) is 0 Å². The monoisotopic (exact) mass is 417 g/mol. The van der Waals surface area contributed by atoms with Gasteiger partial charge < -0.3 is 8.98 Å². The van der Waals surface area contributed by atoms with Crippen molar-refractivity contribution in [3.8, 4) is 0 Å². The second-order valence-electron chi connectivity index (χ2n) is 7.12. The van der Waals surface area contributed by atoms with E-state index in [9.17, 15) is 18.0 Å². The minimum absolute atomic E-state index is 0.0971. The minimum atomic E-state index is -4.50. The molecule has 0 unspecified atom stereocenters. The largest absolute Gasteiger partial charge is 0.467 e. The lowest BCUT2D eigenvalue weighted by Gasteiger charge is -2.09. The molecular weight excluding hydrogens is 399 g/mol. The highest BCUT2D eigenvalue weighted by Gasteiger charge is 2.31. The number of anilines is 1. The van der Waals surface area contributed by atoms with Gasteiger partial charge in [0, 0.05) is 5.69 Å². The Morgan fingerprint density at radius 3 is 2.70 bits per heavy atom. The molecule has 0 aliphatic carbocycles. The van der Waals surface area contributed by atoms with Gasteiger partial charge in [-0.3, -0.25) is 15.2 Å². The van der Waals surface area contributed by atoms with Gasteiger partial charge in [0.15, 0.2) is 5.69 Å². The molecule has 30 heavy (non-hydrogen) atoms. The van der Waals surface area contributed by atoms with Gasteiger partial charge in [0.2, 0.25) is 5.95 Å². The molecule has 0 radical (unpaired) electrons. The number of hydrogen-bond acceptors (Lipinski definition) is 4. The molecule has 7 nitrogen and oxygen atoms in total. The van der Waals surface area contributed by atoms with E-state index < -0.39 is 17.6 Å². The average molecular weight is 417 g/mol. The summed E-state index contributed by atoms with van der Waals surface area (Å²) in [6, 6.07) is 8.32. The third-order valence-electron chi connectivity index (χ3n) is 4.65. The Labute approximate surface area is 168 Å². The summed E-state index contributed by atoms with van der Waals surface area (Å²) in [5.74, 6) is 0.292. The van der Waals surface area contributed by atoms with E-state index >= 15 is 0 Å². The third kappa shape index (κ3) is 3.80. The predicted octanol–water partition coefficient (Wildman–Crippen LogP) is 4.80. The second-order valence-corrected chi connectivity index (χ2v) is 7.12. The fourth-order valence-corrected chi connectivity index (χ4v) is 3.03. The van der Waals surface area contributed by atoms with Gasteiger partial charge in [0.1, 0.15) is 5.76 Å². The number of hydrogen-bond donors (Lipinski definition) is 2. The first-order valence-electron chi connectivity index (χ1n) is 9.19. The number of H-pyrrole nitrogens is 1. The molecule has 1 aromatic carbocycles. The van der Waals surface area contributed by atoms with Crippen molar-refractivity contribution < 1.29 is 22.4 Å². The van der Waals surface area contributed by atoms with Crippen molar-refractivity contribution in [2.75, 3.05) is 5.32 Å². The molecule has 4 rings (SSSR count). The summed E-state index contributed by atoms with van der Waals surface area (Å²) in [6.07, 6.45) is -3.00. The van der Waals surface area contributed by atoms with Crippen molar-refractivity contribution in [2.24, 2.45) is 0 Å². The van der Waals surface area contributed by atoms with Gasteiger partial charge in [-0.05, 0) is 42.3 Å². The molecule has 0 saturated carbocycles. The fraction of sp³-hybridized carbons (Fsp3) is 0.250. The van der Waals surface area contributed by atoms with Crippen molar-refractivity contribution in [3.05, 3.63) is 65.4 Å². The van der Waals surface area contributed by atoms with E-state index in [4.69, 9.17) is 4.42 Å². The number of aromatic amines is 1. The predicted molar refractivity (Wildman–Crippen MR) is 103 cm³/mol. The summed E-state index contributed by atoms with van der Waals surface area (Å²) in [5, 5.41) is 9.44. The Hall–Kier alpha value is -3.56. The first-order chi connectivity index (χ1) is 14.2. The Morgan fingerprint density at radius 1 is 1.27 bits per heavy atom. The van der Waals surface area contributed by atoms with Crippen LogP contribution in [0.2, 0.25) is 0 Å². The van der Waals surface area contributed by atoms with E-state index in [2.05, 4.69) is 20.5 Å².